The summed E-state index contributed by atoms with van der Waals surface area (Å²) in [5.74, 6) is -1.92. The Hall–Kier alpha value is -2.75. The minimum atomic E-state index is -3.57. The molecule has 0 aliphatic carbocycles. The molecule has 1 fully saturated rings. The van der Waals surface area contributed by atoms with Crippen LogP contribution in [-0.4, -0.2) is 37.6 Å². The first-order valence-electron chi connectivity index (χ1n) is 9.11. The third-order valence-corrected chi connectivity index (χ3v) is 6.76. The van der Waals surface area contributed by atoms with E-state index in [1.54, 1.807) is 0 Å². The van der Waals surface area contributed by atoms with Gasteiger partial charge in [0, 0.05) is 30.3 Å². The zero-order valence-corrected chi connectivity index (χ0v) is 17.3. The van der Waals surface area contributed by atoms with Gasteiger partial charge in [-0.1, -0.05) is 17.7 Å². The van der Waals surface area contributed by atoms with Crippen LogP contribution in [0, 0.1) is 5.82 Å². The number of nitrogens with zero attached hydrogens (tertiary/aromatic N) is 1. The number of carbonyl (C=O) groups is 2. The van der Waals surface area contributed by atoms with E-state index in [9.17, 15) is 22.4 Å². The molecule has 1 heterocycles. The minimum absolute atomic E-state index is 0.0513. The molecule has 1 aliphatic rings. The summed E-state index contributed by atoms with van der Waals surface area (Å²) in [5, 5.41) is 0.145. The highest BCUT2D eigenvalue weighted by molar-refractivity contribution is 7.89. The molecular formula is C20H19ClFN3O4S. The molecule has 158 valence electrons. The van der Waals surface area contributed by atoms with Crippen LogP contribution in [0.5, 0.6) is 0 Å². The molecule has 2 amide bonds. The highest BCUT2D eigenvalue weighted by Gasteiger charge is 2.27. The number of halogens is 2. The predicted octanol–water partition coefficient (Wildman–Crippen LogP) is 2.74. The van der Waals surface area contributed by atoms with E-state index in [1.165, 1.54) is 52.8 Å². The maximum absolute atomic E-state index is 13.7. The number of rotatable bonds is 5. The van der Waals surface area contributed by atoms with E-state index in [1.807, 2.05) is 0 Å². The number of benzene rings is 2. The van der Waals surface area contributed by atoms with E-state index in [-0.39, 0.29) is 21.0 Å². The van der Waals surface area contributed by atoms with Gasteiger partial charge >= 0.3 is 0 Å². The number of sulfonamides is 1. The Bertz CT molecular complexity index is 1060. The lowest BCUT2D eigenvalue weighted by atomic mass is 10.2. The molecule has 10 heteroatoms. The molecule has 0 spiro atoms. The van der Waals surface area contributed by atoms with E-state index in [0.29, 0.717) is 13.1 Å². The van der Waals surface area contributed by atoms with Crippen LogP contribution in [0.4, 0.5) is 4.39 Å². The van der Waals surface area contributed by atoms with Crippen LogP contribution in [0.25, 0.3) is 6.08 Å². The Kier molecular flexibility index (Phi) is 6.86. The van der Waals surface area contributed by atoms with Gasteiger partial charge in [0.1, 0.15) is 5.82 Å². The van der Waals surface area contributed by atoms with Gasteiger partial charge in [-0.2, -0.15) is 4.31 Å². The molecule has 2 aromatic rings. The highest BCUT2D eigenvalue weighted by atomic mass is 35.5. The predicted molar refractivity (Wildman–Crippen MR) is 110 cm³/mol. The molecule has 3 rings (SSSR count). The SMILES string of the molecule is O=C(/C=C/c1c(F)cccc1Cl)NNC(=O)c1ccc(S(=O)(=O)N2CCCC2)cc1. The monoisotopic (exact) mass is 451 g/mol. The van der Waals surface area contributed by atoms with Gasteiger partial charge in [0.2, 0.25) is 10.0 Å². The Labute approximate surface area is 178 Å². The third kappa shape index (κ3) is 5.05. The summed E-state index contributed by atoms with van der Waals surface area (Å²) < 4.78 is 40.1. The summed E-state index contributed by atoms with van der Waals surface area (Å²) in [6.07, 6.45) is 3.88. The lowest BCUT2D eigenvalue weighted by Crippen LogP contribution is -2.40. The molecular weight excluding hydrogens is 433 g/mol. The summed E-state index contributed by atoms with van der Waals surface area (Å²) in [4.78, 5) is 24.1. The van der Waals surface area contributed by atoms with Gasteiger partial charge < -0.3 is 0 Å². The lowest BCUT2D eigenvalue weighted by Gasteiger charge is -2.15. The van der Waals surface area contributed by atoms with E-state index in [0.717, 1.165) is 18.9 Å². The van der Waals surface area contributed by atoms with Gasteiger partial charge in [0.15, 0.2) is 0 Å². The zero-order valence-electron chi connectivity index (χ0n) is 15.8. The number of nitrogens with one attached hydrogen (secondary N) is 2. The van der Waals surface area contributed by atoms with Crippen LogP contribution in [0.3, 0.4) is 0 Å². The van der Waals surface area contributed by atoms with E-state index < -0.39 is 27.7 Å². The van der Waals surface area contributed by atoms with Crippen LogP contribution in [0.15, 0.2) is 53.4 Å². The van der Waals surface area contributed by atoms with Gasteiger partial charge in [0.25, 0.3) is 11.8 Å². The van der Waals surface area contributed by atoms with Gasteiger partial charge in [-0.15, -0.1) is 0 Å². The largest absolute Gasteiger partial charge is 0.269 e. The van der Waals surface area contributed by atoms with Gasteiger partial charge in [-0.3, -0.25) is 20.4 Å². The summed E-state index contributed by atoms with van der Waals surface area (Å²) in [7, 11) is -3.57. The molecule has 1 saturated heterocycles. The number of hydrogen-bond acceptors (Lipinski definition) is 4. The van der Waals surface area contributed by atoms with Crippen molar-refractivity contribution in [2.24, 2.45) is 0 Å². The van der Waals surface area contributed by atoms with Gasteiger partial charge in [0.05, 0.1) is 9.92 Å². The number of amides is 2. The molecule has 0 unspecified atom stereocenters. The molecule has 0 bridgehead atoms. The number of hydrogen-bond donors (Lipinski definition) is 2. The summed E-state index contributed by atoms with van der Waals surface area (Å²) in [6, 6.07) is 9.56. The average Bonchev–Trinajstić information content (AvgIpc) is 3.27. The average molecular weight is 452 g/mol. The molecule has 2 aromatic carbocycles. The van der Waals surface area contributed by atoms with Gasteiger partial charge in [-0.25, -0.2) is 12.8 Å². The first-order chi connectivity index (χ1) is 14.3. The fourth-order valence-electron chi connectivity index (χ4n) is 2.92. The molecule has 30 heavy (non-hydrogen) atoms. The number of hydrazine groups is 1. The molecule has 7 nitrogen and oxygen atoms in total. The van der Waals surface area contributed by atoms with Crippen molar-refractivity contribution in [2.75, 3.05) is 13.1 Å². The Balaban J connectivity index is 1.58. The van der Waals surface area contributed by atoms with Crippen LogP contribution in [0.1, 0.15) is 28.8 Å². The van der Waals surface area contributed by atoms with Crippen LogP contribution < -0.4 is 10.9 Å². The first-order valence-corrected chi connectivity index (χ1v) is 10.9. The van der Waals surface area contributed by atoms with Crippen LogP contribution in [0.2, 0.25) is 5.02 Å². The fourth-order valence-corrected chi connectivity index (χ4v) is 4.66. The van der Waals surface area contributed by atoms with Crippen molar-refractivity contribution < 1.29 is 22.4 Å². The second-order valence-corrected chi connectivity index (χ2v) is 8.89. The first kappa shape index (κ1) is 21.9. The summed E-state index contributed by atoms with van der Waals surface area (Å²) >= 11 is 5.87. The Morgan fingerprint density at radius 3 is 2.33 bits per heavy atom. The Morgan fingerprint density at radius 2 is 1.70 bits per heavy atom. The normalized spacial score (nSPS) is 14.7. The van der Waals surface area contributed by atoms with Crippen molar-refractivity contribution in [1.29, 1.82) is 0 Å². The van der Waals surface area contributed by atoms with E-state index in [2.05, 4.69) is 10.9 Å². The Morgan fingerprint density at radius 1 is 1.03 bits per heavy atom. The van der Waals surface area contributed by atoms with Crippen molar-refractivity contribution in [3.63, 3.8) is 0 Å². The minimum Gasteiger partial charge on any atom is -0.268 e. The maximum atomic E-state index is 13.7. The maximum Gasteiger partial charge on any atom is 0.269 e. The van der Waals surface area contributed by atoms with Gasteiger partial charge in [-0.05, 0) is 55.3 Å². The lowest BCUT2D eigenvalue weighted by molar-refractivity contribution is -0.117. The number of carbonyl (C=O) groups excluding carboxylic acids is 2. The zero-order chi connectivity index (χ0) is 21.7. The quantitative estimate of drug-likeness (QED) is 0.539. The fraction of sp³-hybridized carbons (Fsp3) is 0.200. The third-order valence-electron chi connectivity index (χ3n) is 4.52. The van der Waals surface area contributed by atoms with Crippen molar-refractivity contribution in [2.45, 2.75) is 17.7 Å². The van der Waals surface area contributed by atoms with E-state index >= 15 is 0 Å². The van der Waals surface area contributed by atoms with Crippen molar-refractivity contribution >= 4 is 39.5 Å². The van der Waals surface area contributed by atoms with Crippen LogP contribution >= 0.6 is 11.6 Å². The molecule has 0 atom stereocenters. The second-order valence-electron chi connectivity index (χ2n) is 6.55. The van der Waals surface area contributed by atoms with Crippen molar-refractivity contribution in [1.82, 2.24) is 15.2 Å². The van der Waals surface area contributed by atoms with E-state index in [4.69, 9.17) is 11.6 Å². The summed E-state index contributed by atoms with van der Waals surface area (Å²) in [6.45, 7) is 0.977. The standard InChI is InChI=1S/C20H19ClFN3O4S/c21-17-4-3-5-18(22)16(17)10-11-19(26)23-24-20(27)14-6-8-15(9-7-14)30(28,29)25-12-1-2-13-25/h3-11H,1-2,12-13H2,(H,23,26)(H,24,27)/b11-10+. The molecule has 0 aromatic heterocycles. The van der Waals surface area contributed by atoms with Crippen molar-refractivity contribution in [3.8, 4) is 0 Å². The topological polar surface area (TPSA) is 95.6 Å². The van der Waals surface area contributed by atoms with Crippen molar-refractivity contribution in [3.05, 3.63) is 70.5 Å². The smallest absolute Gasteiger partial charge is 0.268 e. The molecule has 0 saturated carbocycles. The summed E-state index contributed by atoms with van der Waals surface area (Å²) in [5.41, 5.74) is 4.58. The second kappa shape index (κ2) is 9.38. The molecule has 0 radical (unpaired) electrons. The van der Waals surface area contributed by atoms with Crippen LogP contribution in [-0.2, 0) is 14.8 Å². The highest BCUT2D eigenvalue weighted by Crippen LogP contribution is 2.21. The molecule has 2 N–H and O–H groups in total. The molecule has 1 aliphatic heterocycles.